The van der Waals surface area contributed by atoms with Gasteiger partial charge in [-0.3, -0.25) is 0 Å². The standard InChI is InChI=1S/C16H16F2N4/c1-9-19-11-4-2-3-5-13(11)22(9)8-14-20-12-7-6-10(17)15(18)16(12)21-14/h6-7H,2-5,8H2,1H3,(H,20,21). The molecule has 0 radical (unpaired) electrons. The first-order valence-electron chi connectivity index (χ1n) is 7.51. The molecule has 0 aliphatic heterocycles. The van der Waals surface area contributed by atoms with Crippen molar-refractivity contribution in [2.75, 3.05) is 0 Å². The lowest BCUT2D eigenvalue weighted by Crippen LogP contribution is -2.11. The predicted molar refractivity (Wildman–Crippen MR) is 78.7 cm³/mol. The number of hydrogen-bond acceptors (Lipinski definition) is 2. The maximum Gasteiger partial charge on any atom is 0.186 e. The number of H-pyrrole nitrogens is 1. The Hall–Kier alpha value is -2.24. The maximum absolute atomic E-state index is 13.8. The molecular formula is C16H16F2N4. The Morgan fingerprint density at radius 2 is 2.00 bits per heavy atom. The zero-order valence-corrected chi connectivity index (χ0v) is 12.3. The lowest BCUT2D eigenvalue weighted by atomic mass is 10.0. The van der Waals surface area contributed by atoms with Crippen LogP contribution in [0.15, 0.2) is 12.1 Å². The number of fused-ring (bicyclic) bond motifs is 2. The van der Waals surface area contributed by atoms with E-state index in [1.165, 1.54) is 18.2 Å². The average Bonchev–Trinajstić information content (AvgIpc) is 3.06. The smallest absolute Gasteiger partial charge is 0.186 e. The Kier molecular flexibility index (Phi) is 2.99. The summed E-state index contributed by atoms with van der Waals surface area (Å²) in [5.41, 5.74) is 2.98. The number of aromatic amines is 1. The summed E-state index contributed by atoms with van der Waals surface area (Å²) in [6.45, 7) is 2.48. The molecule has 1 aliphatic rings. The summed E-state index contributed by atoms with van der Waals surface area (Å²) in [6, 6.07) is 2.63. The molecule has 0 fully saturated rings. The van der Waals surface area contributed by atoms with Gasteiger partial charge >= 0.3 is 0 Å². The van der Waals surface area contributed by atoms with Gasteiger partial charge in [0.25, 0.3) is 0 Å². The average molecular weight is 302 g/mol. The van der Waals surface area contributed by atoms with Gasteiger partial charge in [0.15, 0.2) is 11.6 Å². The minimum absolute atomic E-state index is 0.0571. The summed E-state index contributed by atoms with van der Waals surface area (Å²) in [5, 5.41) is 0. The molecular weight excluding hydrogens is 286 g/mol. The molecule has 2 aromatic heterocycles. The van der Waals surface area contributed by atoms with Crippen molar-refractivity contribution in [3.05, 3.63) is 46.8 Å². The summed E-state index contributed by atoms with van der Waals surface area (Å²) in [6.07, 6.45) is 4.37. The summed E-state index contributed by atoms with van der Waals surface area (Å²) in [5.74, 6) is -0.210. The van der Waals surface area contributed by atoms with E-state index >= 15 is 0 Å². The van der Waals surface area contributed by atoms with E-state index < -0.39 is 11.6 Å². The lowest BCUT2D eigenvalue weighted by molar-refractivity contribution is 0.515. The minimum Gasteiger partial charge on any atom is -0.340 e. The van der Waals surface area contributed by atoms with Gasteiger partial charge in [0.05, 0.1) is 17.8 Å². The molecule has 0 saturated carbocycles. The maximum atomic E-state index is 13.8. The van der Waals surface area contributed by atoms with E-state index in [9.17, 15) is 8.78 Å². The molecule has 6 heteroatoms. The van der Waals surface area contributed by atoms with Crippen molar-refractivity contribution >= 4 is 11.0 Å². The van der Waals surface area contributed by atoms with E-state index in [1.54, 1.807) is 0 Å². The number of aromatic nitrogens is 4. The fourth-order valence-corrected chi connectivity index (χ4v) is 3.24. The Balaban J connectivity index is 1.75. The molecule has 0 saturated heterocycles. The summed E-state index contributed by atoms with van der Waals surface area (Å²) < 4.78 is 29.2. The van der Waals surface area contributed by atoms with E-state index in [-0.39, 0.29) is 5.52 Å². The third kappa shape index (κ3) is 2.01. The molecule has 1 N–H and O–H groups in total. The second-order valence-electron chi connectivity index (χ2n) is 5.79. The first-order valence-corrected chi connectivity index (χ1v) is 7.51. The highest BCUT2D eigenvalue weighted by Gasteiger charge is 2.19. The van der Waals surface area contributed by atoms with Crippen molar-refractivity contribution in [3.8, 4) is 0 Å². The molecule has 1 aromatic carbocycles. The van der Waals surface area contributed by atoms with Crippen LogP contribution in [0.25, 0.3) is 11.0 Å². The van der Waals surface area contributed by atoms with Crippen molar-refractivity contribution in [2.45, 2.75) is 39.2 Å². The minimum atomic E-state index is -0.899. The van der Waals surface area contributed by atoms with Gasteiger partial charge in [-0.15, -0.1) is 0 Å². The molecule has 114 valence electrons. The number of benzene rings is 1. The van der Waals surface area contributed by atoms with E-state index in [1.807, 2.05) is 6.92 Å². The molecule has 0 bridgehead atoms. The van der Waals surface area contributed by atoms with Crippen molar-refractivity contribution in [1.29, 1.82) is 0 Å². The van der Waals surface area contributed by atoms with Crippen LogP contribution in [0.1, 0.15) is 35.9 Å². The first-order chi connectivity index (χ1) is 10.6. The Morgan fingerprint density at radius 3 is 2.86 bits per heavy atom. The van der Waals surface area contributed by atoms with Crippen LogP contribution < -0.4 is 0 Å². The van der Waals surface area contributed by atoms with E-state index in [0.717, 1.165) is 36.8 Å². The topological polar surface area (TPSA) is 46.5 Å². The van der Waals surface area contributed by atoms with Gasteiger partial charge in [-0.1, -0.05) is 0 Å². The number of imidazole rings is 2. The van der Waals surface area contributed by atoms with Gasteiger partial charge in [-0.05, 0) is 44.7 Å². The Bertz CT molecular complexity index is 863. The highest BCUT2D eigenvalue weighted by atomic mass is 19.2. The molecule has 4 nitrogen and oxygen atoms in total. The van der Waals surface area contributed by atoms with Crippen LogP contribution in [0.3, 0.4) is 0 Å². The third-order valence-corrected chi connectivity index (χ3v) is 4.33. The molecule has 4 rings (SSSR count). The summed E-state index contributed by atoms with van der Waals surface area (Å²) in [7, 11) is 0. The van der Waals surface area contributed by atoms with Crippen LogP contribution in [0.2, 0.25) is 0 Å². The highest BCUT2D eigenvalue weighted by molar-refractivity contribution is 5.75. The predicted octanol–water partition coefficient (Wildman–Crippen LogP) is 3.27. The zero-order valence-electron chi connectivity index (χ0n) is 12.3. The van der Waals surface area contributed by atoms with Gasteiger partial charge in [-0.25, -0.2) is 18.7 Å². The highest BCUT2D eigenvalue weighted by Crippen LogP contribution is 2.24. The molecule has 2 heterocycles. The largest absolute Gasteiger partial charge is 0.340 e. The van der Waals surface area contributed by atoms with Crippen molar-refractivity contribution in [2.24, 2.45) is 0 Å². The second-order valence-corrected chi connectivity index (χ2v) is 5.79. The number of halogens is 2. The number of hydrogen-bond donors (Lipinski definition) is 1. The lowest BCUT2D eigenvalue weighted by Gasteiger charge is -2.13. The number of aryl methyl sites for hydroxylation is 2. The fraction of sp³-hybridized carbons (Fsp3) is 0.375. The Labute approximate surface area is 126 Å². The second kappa shape index (κ2) is 4.90. The normalized spacial score (nSPS) is 14.5. The van der Waals surface area contributed by atoms with Crippen LogP contribution in [-0.4, -0.2) is 19.5 Å². The molecule has 0 unspecified atom stereocenters. The quantitative estimate of drug-likeness (QED) is 0.789. The summed E-state index contributed by atoms with van der Waals surface area (Å²) >= 11 is 0. The van der Waals surface area contributed by atoms with Crippen LogP contribution in [0, 0.1) is 18.6 Å². The number of nitrogens with zero attached hydrogens (tertiary/aromatic N) is 3. The number of nitrogens with one attached hydrogen (secondary N) is 1. The van der Waals surface area contributed by atoms with Gasteiger partial charge < -0.3 is 9.55 Å². The van der Waals surface area contributed by atoms with Gasteiger partial charge in [0.1, 0.15) is 17.2 Å². The fourth-order valence-electron chi connectivity index (χ4n) is 3.24. The SMILES string of the molecule is Cc1nc2c(n1Cc1nc3c(F)c(F)ccc3[nH]1)CCCC2. The monoisotopic (exact) mass is 302 g/mol. The molecule has 1 aliphatic carbocycles. The van der Waals surface area contributed by atoms with Gasteiger partial charge in [0.2, 0.25) is 0 Å². The zero-order chi connectivity index (χ0) is 15.3. The van der Waals surface area contributed by atoms with E-state index in [0.29, 0.717) is 17.9 Å². The molecule has 0 amide bonds. The summed E-state index contributed by atoms with van der Waals surface area (Å²) in [4.78, 5) is 11.9. The van der Waals surface area contributed by atoms with E-state index in [4.69, 9.17) is 0 Å². The van der Waals surface area contributed by atoms with Crippen LogP contribution in [0.4, 0.5) is 8.78 Å². The molecule has 0 atom stereocenters. The first kappa shape index (κ1) is 13.4. The van der Waals surface area contributed by atoms with Crippen LogP contribution >= 0.6 is 0 Å². The van der Waals surface area contributed by atoms with Gasteiger partial charge in [-0.2, -0.15) is 0 Å². The van der Waals surface area contributed by atoms with E-state index in [2.05, 4.69) is 19.5 Å². The molecule has 22 heavy (non-hydrogen) atoms. The molecule has 3 aromatic rings. The third-order valence-electron chi connectivity index (χ3n) is 4.33. The van der Waals surface area contributed by atoms with Crippen molar-refractivity contribution in [1.82, 2.24) is 19.5 Å². The van der Waals surface area contributed by atoms with Crippen molar-refractivity contribution < 1.29 is 8.78 Å². The number of rotatable bonds is 2. The van der Waals surface area contributed by atoms with Crippen molar-refractivity contribution in [3.63, 3.8) is 0 Å². The Morgan fingerprint density at radius 1 is 1.18 bits per heavy atom. The molecule has 0 spiro atoms. The van der Waals surface area contributed by atoms with Gasteiger partial charge in [0, 0.05) is 5.69 Å². The van der Waals surface area contributed by atoms with Crippen LogP contribution in [-0.2, 0) is 19.4 Å². The van der Waals surface area contributed by atoms with Crippen LogP contribution in [0.5, 0.6) is 0 Å².